The van der Waals surface area contributed by atoms with Gasteiger partial charge in [0.2, 0.25) is 0 Å². The van der Waals surface area contributed by atoms with Crippen molar-refractivity contribution in [3.8, 4) is 0 Å². The molecule has 0 saturated heterocycles. The maximum atomic E-state index is 11.4. The van der Waals surface area contributed by atoms with Crippen molar-refractivity contribution < 1.29 is 19.1 Å². The maximum absolute atomic E-state index is 11.4. The maximum Gasteiger partial charge on any atom is 0.357 e. The number of hydrogen-bond acceptors (Lipinski definition) is 5. The van der Waals surface area contributed by atoms with Gasteiger partial charge in [-0.15, -0.1) is 0 Å². The van der Waals surface area contributed by atoms with Crippen LogP contribution in [0.25, 0.3) is 0 Å². The third-order valence-corrected chi connectivity index (χ3v) is 1.87. The molecule has 0 N–H and O–H groups in total. The monoisotopic (exact) mass is 247 g/mol. The van der Waals surface area contributed by atoms with Crippen molar-refractivity contribution in [2.45, 2.75) is 0 Å². The van der Waals surface area contributed by atoms with Crippen LogP contribution < -0.4 is 0 Å². The van der Waals surface area contributed by atoms with Gasteiger partial charge in [-0.3, -0.25) is 0 Å². The van der Waals surface area contributed by atoms with Gasteiger partial charge in [0.1, 0.15) is 18.9 Å². The lowest BCUT2D eigenvalue weighted by Gasteiger charge is -2.03. The summed E-state index contributed by atoms with van der Waals surface area (Å²) in [4.78, 5) is 26.6. The lowest BCUT2D eigenvalue weighted by molar-refractivity contribution is 0.0529. The van der Waals surface area contributed by atoms with E-state index in [9.17, 15) is 9.59 Å². The van der Waals surface area contributed by atoms with Crippen LogP contribution in [0.4, 0.5) is 0 Å². The molecule has 0 fully saturated rings. The topological polar surface area (TPSA) is 65.5 Å². The molecule has 0 amide bonds. The van der Waals surface area contributed by atoms with E-state index < -0.39 is 11.9 Å². The lowest BCUT2D eigenvalue weighted by atomic mass is 10.2. The molecule has 0 unspecified atom stereocenters. The molecule has 0 radical (unpaired) electrons. The van der Waals surface area contributed by atoms with E-state index in [4.69, 9.17) is 9.47 Å². The summed E-state index contributed by atoms with van der Waals surface area (Å²) in [6.07, 6.45) is 4.18. The van der Waals surface area contributed by atoms with E-state index in [1.165, 1.54) is 30.5 Å². The number of pyridine rings is 1. The first-order chi connectivity index (χ1) is 8.69. The van der Waals surface area contributed by atoms with E-state index >= 15 is 0 Å². The summed E-state index contributed by atoms with van der Waals surface area (Å²) in [6, 6.07) is 2.85. The van der Waals surface area contributed by atoms with E-state index in [1.807, 2.05) is 0 Å². The molecule has 1 aromatic rings. The molecule has 0 aromatic carbocycles. The van der Waals surface area contributed by atoms with Gasteiger partial charge in [-0.1, -0.05) is 25.3 Å². The summed E-state index contributed by atoms with van der Waals surface area (Å²) in [7, 11) is 0. The first-order valence-electron chi connectivity index (χ1n) is 5.21. The molecule has 5 heteroatoms. The Morgan fingerprint density at radius 1 is 1.11 bits per heavy atom. The highest BCUT2D eigenvalue weighted by Crippen LogP contribution is 2.04. The highest BCUT2D eigenvalue weighted by Gasteiger charge is 2.11. The minimum Gasteiger partial charge on any atom is -0.458 e. The summed E-state index contributed by atoms with van der Waals surface area (Å²) >= 11 is 0. The highest BCUT2D eigenvalue weighted by atomic mass is 16.5. The second kappa shape index (κ2) is 7.01. The largest absolute Gasteiger partial charge is 0.458 e. The number of aromatic nitrogens is 1. The molecule has 1 heterocycles. The van der Waals surface area contributed by atoms with Crippen LogP contribution in [0.15, 0.2) is 43.6 Å². The van der Waals surface area contributed by atoms with Crippen molar-refractivity contribution >= 4 is 11.9 Å². The zero-order chi connectivity index (χ0) is 13.4. The normalized spacial score (nSPS) is 9.33. The van der Waals surface area contributed by atoms with Gasteiger partial charge in [-0.05, 0) is 12.1 Å². The number of carbonyl (C=O) groups excluding carboxylic acids is 2. The Hall–Kier alpha value is -2.43. The van der Waals surface area contributed by atoms with Crippen LogP contribution in [0.5, 0.6) is 0 Å². The van der Waals surface area contributed by atoms with E-state index in [1.54, 1.807) is 0 Å². The predicted octanol–water partition coefficient (Wildman–Crippen LogP) is 1.77. The first-order valence-corrected chi connectivity index (χ1v) is 5.21. The number of esters is 2. The van der Waals surface area contributed by atoms with Gasteiger partial charge in [0.05, 0.1) is 5.56 Å². The molecule has 0 aliphatic rings. The molecular formula is C13H13NO4. The van der Waals surface area contributed by atoms with Gasteiger partial charge in [0.25, 0.3) is 0 Å². The summed E-state index contributed by atoms with van der Waals surface area (Å²) in [5.74, 6) is -1.09. The Bertz CT molecular complexity index is 408. The quantitative estimate of drug-likeness (QED) is 0.566. The number of nitrogens with zero attached hydrogens (tertiary/aromatic N) is 1. The minimum atomic E-state index is -0.569. The van der Waals surface area contributed by atoms with Gasteiger partial charge >= 0.3 is 11.9 Å². The third-order valence-electron chi connectivity index (χ3n) is 1.87. The SMILES string of the molecule is C=CCOC(=O)c1ccc(C(=O)OCC=C)nc1. The van der Waals surface area contributed by atoms with Crippen molar-refractivity contribution in [1.82, 2.24) is 4.98 Å². The molecule has 0 aliphatic carbocycles. The molecule has 0 bridgehead atoms. The fourth-order valence-electron chi connectivity index (χ4n) is 1.06. The summed E-state index contributed by atoms with van der Waals surface area (Å²) in [5.41, 5.74) is 0.384. The van der Waals surface area contributed by atoms with Gasteiger partial charge in [-0.2, -0.15) is 0 Å². The van der Waals surface area contributed by atoms with E-state index in [0.29, 0.717) is 0 Å². The summed E-state index contributed by atoms with van der Waals surface area (Å²) in [5, 5.41) is 0. The first kappa shape index (κ1) is 13.6. The second-order valence-electron chi connectivity index (χ2n) is 3.21. The van der Waals surface area contributed by atoms with E-state index in [0.717, 1.165) is 0 Å². The van der Waals surface area contributed by atoms with Crippen molar-refractivity contribution in [1.29, 1.82) is 0 Å². The minimum absolute atomic E-state index is 0.115. The molecular weight excluding hydrogens is 234 g/mol. The Morgan fingerprint density at radius 2 is 1.72 bits per heavy atom. The summed E-state index contributed by atoms with van der Waals surface area (Å²) in [6.45, 7) is 7.10. The second-order valence-corrected chi connectivity index (χ2v) is 3.21. The molecule has 0 atom stereocenters. The van der Waals surface area contributed by atoms with Crippen molar-refractivity contribution in [3.05, 3.63) is 54.9 Å². The van der Waals surface area contributed by atoms with Crippen molar-refractivity contribution in [2.24, 2.45) is 0 Å². The molecule has 0 saturated carbocycles. The molecule has 0 aliphatic heterocycles. The third kappa shape index (κ3) is 3.86. The van der Waals surface area contributed by atoms with E-state index in [2.05, 4.69) is 18.1 Å². The fourth-order valence-corrected chi connectivity index (χ4v) is 1.06. The predicted molar refractivity (Wildman–Crippen MR) is 65.2 cm³/mol. The van der Waals surface area contributed by atoms with Crippen LogP contribution in [0.1, 0.15) is 20.8 Å². The van der Waals surface area contributed by atoms with Crippen molar-refractivity contribution in [3.63, 3.8) is 0 Å². The zero-order valence-corrected chi connectivity index (χ0v) is 9.80. The van der Waals surface area contributed by atoms with Gasteiger partial charge in [0, 0.05) is 6.20 Å². The Kier molecular flexibility index (Phi) is 5.31. The van der Waals surface area contributed by atoms with Crippen LogP contribution in [0, 0.1) is 0 Å². The Morgan fingerprint density at radius 3 is 2.22 bits per heavy atom. The highest BCUT2D eigenvalue weighted by molar-refractivity contribution is 5.91. The molecule has 18 heavy (non-hydrogen) atoms. The van der Waals surface area contributed by atoms with Gasteiger partial charge in [0.15, 0.2) is 0 Å². The molecule has 0 spiro atoms. The van der Waals surface area contributed by atoms with E-state index in [-0.39, 0.29) is 24.5 Å². The number of hydrogen-bond donors (Lipinski definition) is 0. The van der Waals surface area contributed by atoms with Gasteiger partial charge in [-0.25, -0.2) is 14.6 Å². The Labute approximate surface area is 105 Å². The average molecular weight is 247 g/mol. The van der Waals surface area contributed by atoms with Crippen LogP contribution in [-0.4, -0.2) is 30.1 Å². The standard InChI is InChI=1S/C13H13NO4/c1-3-7-17-12(15)10-5-6-11(14-9-10)13(16)18-8-4-2/h3-6,9H,1-2,7-8H2. The number of ether oxygens (including phenoxy) is 2. The molecule has 94 valence electrons. The Balaban J connectivity index is 2.67. The van der Waals surface area contributed by atoms with Crippen molar-refractivity contribution in [2.75, 3.05) is 13.2 Å². The van der Waals surface area contributed by atoms with Crippen LogP contribution in [-0.2, 0) is 9.47 Å². The molecule has 5 nitrogen and oxygen atoms in total. The van der Waals surface area contributed by atoms with Gasteiger partial charge < -0.3 is 9.47 Å². The van der Waals surface area contributed by atoms with Crippen LogP contribution >= 0.6 is 0 Å². The number of carbonyl (C=O) groups is 2. The lowest BCUT2D eigenvalue weighted by Crippen LogP contribution is -2.10. The molecule has 1 rings (SSSR count). The summed E-state index contributed by atoms with van der Waals surface area (Å²) < 4.78 is 9.61. The fraction of sp³-hybridized carbons (Fsp3) is 0.154. The van der Waals surface area contributed by atoms with Crippen LogP contribution in [0.2, 0.25) is 0 Å². The average Bonchev–Trinajstić information content (AvgIpc) is 2.42. The zero-order valence-electron chi connectivity index (χ0n) is 9.80. The number of rotatable bonds is 6. The molecule has 1 aromatic heterocycles. The smallest absolute Gasteiger partial charge is 0.357 e. The van der Waals surface area contributed by atoms with Crippen LogP contribution in [0.3, 0.4) is 0 Å².